The van der Waals surface area contributed by atoms with Gasteiger partial charge in [-0.3, -0.25) is 4.68 Å². The predicted octanol–water partition coefficient (Wildman–Crippen LogP) is 1.66. The number of rotatable bonds is 4. The summed E-state index contributed by atoms with van der Waals surface area (Å²) in [4.78, 5) is 0. The Morgan fingerprint density at radius 3 is 2.92 bits per heavy atom. The second-order valence-corrected chi connectivity index (χ2v) is 3.03. The average Bonchev–Trinajstić information content (AvgIpc) is 2.49. The van der Waals surface area contributed by atoms with Gasteiger partial charge in [-0.25, -0.2) is 0 Å². The quantitative estimate of drug-likeness (QED) is 0.712. The molecule has 1 unspecified atom stereocenters. The highest BCUT2D eigenvalue weighted by Gasteiger charge is 2.10. The molecule has 0 radical (unpaired) electrons. The minimum Gasteiger partial charge on any atom is -0.309 e. The zero-order chi connectivity index (χ0) is 9.84. The van der Waals surface area contributed by atoms with Crippen LogP contribution in [-0.2, 0) is 6.54 Å². The summed E-state index contributed by atoms with van der Waals surface area (Å²) in [6.07, 6.45) is 1.89. The molecule has 3 nitrogen and oxygen atoms in total. The van der Waals surface area contributed by atoms with Gasteiger partial charge in [-0.05, 0) is 27.0 Å². The molecule has 0 aliphatic rings. The van der Waals surface area contributed by atoms with Crippen molar-refractivity contribution >= 4 is 0 Å². The average molecular weight is 179 g/mol. The molecule has 1 rings (SSSR count). The van der Waals surface area contributed by atoms with E-state index in [1.807, 2.05) is 24.7 Å². The van der Waals surface area contributed by atoms with Crippen LogP contribution in [0.4, 0.5) is 0 Å². The lowest BCUT2D eigenvalue weighted by Gasteiger charge is -2.12. The van der Waals surface area contributed by atoms with Gasteiger partial charge in [0.1, 0.15) is 0 Å². The molecule has 0 aliphatic carbocycles. The molecule has 72 valence electrons. The Hall–Kier alpha value is -1.09. The molecule has 13 heavy (non-hydrogen) atoms. The van der Waals surface area contributed by atoms with Crippen molar-refractivity contribution in [1.82, 2.24) is 15.1 Å². The van der Waals surface area contributed by atoms with Crippen molar-refractivity contribution in [3.05, 3.63) is 30.1 Å². The van der Waals surface area contributed by atoms with E-state index >= 15 is 0 Å². The Morgan fingerprint density at radius 1 is 1.77 bits per heavy atom. The van der Waals surface area contributed by atoms with E-state index in [9.17, 15) is 0 Å². The minimum absolute atomic E-state index is 0.196. The fourth-order valence-corrected chi connectivity index (χ4v) is 1.46. The van der Waals surface area contributed by atoms with Crippen LogP contribution in [0.3, 0.4) is 0 Å². The summed E-state index contributed by atoms with van der Waals surface area (Å²) in [5, 5.41) is 7.55. The van der Waals surface area contributed by atoms with Gasteiger partial charge in [0.2, 0.25) is 0 Å². The number of likely N-dealkylation sites (N-methyl/N-ethyl adjacent to an activating group) is 1. The van der Waals surface area contributed by atoms with Gasteiger partial charge in [0.15, 0.2) is 0 Å². The van der Waals surface area contributed by atoms with Crippen molar-refractivity contribution < 1.29 is 0 Å². The summed E-state index contributed by atoms with van der Waals surface area (Å²) < 4.78 is 2.00. The van der Waals surface area contributed by atoms with Crippen LogP contribution in [0.1, 0.15) is 24.4 Å². The van der Waals surface area contributed by atoms with E-state index in [4.69, 9.17) is 0 Å². The highest BCUT2D eigenvalue weighted by molar-refractivity contribution is 5.17. The summed E-state index contributed by atoms with van der Waals surface area (Å²) in [5.74, 6) is 0. The Bertz CT molecular complexity index is 288. The van der Waals surface area contributed by atoms with Crippen molar-refractivity contribution in [2.45, 2.75) is 26.4 Å². The Morgan fingerprint density at radius 2 is 2.46 bits per heavy atom. The summed E-state index contributed by atoms with van der Waals surface area (Å²) >= 11 is 0. The van der Waals surface area contributed by atoms with Crippen LogP contribution in [0.5, 0.6) is 0 Å². The van der Waals surface area contributed by atoms with Gasteiger partial charge in [-0.1, -0.05) is 6.08 Å². The van der Waals surface area contributed by atoms with Crippen LogP contribution < -0.4 is 5.32 Å². The third-order valence-corrected chi connectivity index (χ3v) is 2.10. The maximum atomic E-state index is 4.37. The van der Waals surface area contributed by atoms with E-state index in [1.54, 1.807) is 0 Å². The normalized spacial score (nSPS) is 12.8. The van der Waals surface area contributed by atoms with Crippen molar-refractivity contribution in [2.24, 2.45) is 0 Å². The lowest BCUT2D eigenvalue weighted by Crippen LogP contribution is -2.17. The maximum Gasteiger partial charge on any atom is 0.0673 e. The van der Waals surface area contributed by atoms with Crippen LogP contribution >= 0.6 is 0 Å². The molecule has 0 spiro atoms. The Balaban J connectivity index is 3.02. The SMILES string of the molecule is C=CC(NC)c1cc(C)nn1CC. The van der Waals surface area contributed by atoms with Crippen molar-refractivity contribution in [1.29, 1.82) is 0 Å². The summed E-state index contributed by atoms with van der Waals surface area (Å²) in [6.45, 7) is 8.78. The molecule has 0 amide bonds. The standard InChI is InChI=1S/C10H17N3/c1-5-9(11-4)10-7-8(3)12-13(10)6-2/h5,7,9,11H,1,6H2,2-4H3. The number of hydrogen-bond acceptors (Lipinski definition) is 2. The van der Waals surface area contributed by atoms with E-state index in [0.29, 0.717) is 0 Å². The molecule has 1 atom stereocenters. The van der Waals surface area contributed by atoms with E-state index in [-0.39, 0.29) is 6.04 Å². The molecule has 0 fully saturated rings. The molecule has 0 aromatic carbocycles. The molecule has 0 aliphatic heterocycles. The number of aromatic nitrogens is 2. The highest BCUT2D eigenvalue weighted by atomic mass is 15.3. The molecule has 0 saturated heterocycles. The monoisotopic (exact) mass is 179 g/mol. The molecule has 0 saturated carbocycles. The third kappa shape index (κ3) is 1.98. The zero-order valence-corrected chi connectivity index (χ0v) is 8.54. The van der Waals surface area contributed by atoms with Crippen LogP contribution in [0.25, 0.3) is 0 Å². The second-order valence-electron chi connectivity index (χ2n) is 3.03. The van der Waals surface area contributed by atoms with E-state index in [1.165, 1.54) is 5.69 Å². The predicted molar refractivity (Wildman–Crippen MR) is 54.6 cm³/mol. The minimum atomic E-state index is 0.196. The molecule has 1 aromatic heterocycles. The molecule has 1 aromatic rings. The molecule has 0 bridgehead atoms. The first-order valence-corrected chi connectivity index (χ1v) is 4.57. The van der Waals surface area contributed by atoms with Gasteiger partial charge in [0.25, 0.3) is 0 Å². The molecular weight excluding hydrogens is 162 g/mol. The summed E-state index contributed by atoms with van der Waals surface area (Å²) in [5.41, 5.74) is 2.23. The van der Waals surface area contributed by atoms with Crippen LogP contribution in [0.2, 0.25) is 0 Å². The lowest BCUT2D eigenvalue weighted by atomic mass is 10.2. The van der Waals surface area contributed by atoms with Crippen LogP contribution in [0, 0.1) is 6.92 Å². The van der Waals surface area contributed by atoms with Gasteiger partial charge in [-0.15, -0.1) is 6.58 Å². The largest absolute Gasteiger partial charge is 0.309 e. The highest BCUT2D eigenvalue weighted by Crippen LogP contribution is 2.14. The van der Waals surface area contributed by atoms with Gasteiger partial charge >= 0.3 is 0 Å². The first kappa shape index (κ1) is 9.99. The molecule has 1 N–H and O–H groups in total. The van der Waals surface area contributed by atoms with Crippen LogP contribution in [-0.4, -0.2) is 16.8 Å². The number of aryl methyl sites for hydroxylation is 2. The number of nitrogens with one attached hydrogen (secondary N) is 1. The molecule has 3 heteroatoms. The van der Waals surface area contributed by atoms with Gasteiger partial charge < -0.3 is 5.32 Å². The molecule has 1 heterocycles. The molecular formula is C10H17N3. The van der Waals surface area contributed by atoms with E-state index in [2.05, 4.69) is 30.0 Å². The smallest absolute Gasteiger partial charge is 0.0673 e. The van der Waals surface area contributed by atoms with Crippen molar-refractivity contribution in [3.8, 4) is 0 Å². The third-order valence-electron chi connectivity index (χ3n) is 2.10. The number of nitrogens with zero attached hydrogens (tertiary/aromatic N) is 2. The van der Waals surface area contributed by atoms with Crippen molar-refractivity contribution in [2.75, 3.05) is 7.05 Å². The zero-order valence-electron chi connectivity index (χ0n) is 8.54. The Labute approximate surface area is 79.5 Å². The summed E-state index contributed by atoms with van der Waals surface area (Å²) in [7, 11) is 1.93. The lowest BCUT2D eigenvalue weighted by molar-refractivity contribution is 0.570. The Kier molecular flexibility index (Phi) is 3.25. The fourth-order valence-electron chi connectivity index (χ4n) is 1.46. The van der Waals surface area contributed by atoms with Gasteiger partial charge in [-0.2, -0.15) is 5.10 Å². The topological polar surface area (TPSA) is 29.9 Å². The van der Waals surface area contributed by atoms with E-state index in [0.717, 1.165) is 12.2 Å². The van der Waals surface area contributed by atoms with Gasteiger partial charge in [0, 0.05) is 6.54 Å². The summed E-state index contributed by atoms with van der Waals surface area (Å²) in [6, 6.07) is 2.29. The first-order chi connectivity index (χ1) is 6.22. The fraction of sp³-hybridized carbons (Fsp3) is 0.500. The van der Waals surface area contributed by atoms with E-state index < -0.39 is 0 Å². The van der Waals surface area contributed by atoms with Crippen LogP contribution in [0.15, 0.2) is 18.7 Å². The number of hydrogen-bond donors (Lipinski definition) is 1. The van der Waals surface area contributed by atoms with Gasteiger partial charge in [0.05, 0.1) is 17.4 Å². The first-order valence-electron chi connectivity index (χ1n) is 4.57. The van der Waals surface area contributed by atoms with Crippen molar-refractivity contribution in [3.63, 3.8) is 0 Å². The second kappa shape index (κ2) is 4.23. The maximum absolute atomic E-state index is 4.37.